The predicted octanol–water partition coefficient (Wildman–Crippen LogP) is 0.940. The largest absolute Gasteiger partial charge is 0.331 e. The van der Waals surface area contributed by atoms with Gasteiger partial charge in [0.05, 0.1) is 0 Å². The summed E-state index contributed by atoms with van der Waals surface area (Å²) in [5.74, 6) is 4.90. The number of H-pyrrole nitrogens is 1. The summed E-state index contributed by atoms with van der Waals surface area (Å²) in [7, 11) is 1.72. The van der Waals surface area contributed by atoms with Crippen LogP contribution >= 0.6 is 0 Å². The van der Waals surface area contributed by atoms with Gasteiger partial charge < -0.3 is 4.90 Å². The van der Waals surface area contributed by atoms with Crippen molar-refractivity contribution in [3.05, 3.63) is 23.8 Å². The van der Waals surface area contributed by atoms with Crippen LogP contribution in [0, 0.1) is 11.8 Å². The molecule has 2 rings (SSSR count). The van der Waals surface area contributed by atoms with Crippen LogP contribution in [0.3, 0.4) is 0 Å². The zero-order valence-corrected chi connectivity index (χ0v) is 9.69. The van der Waals surface area contributed by atoms with Crippen molar-refractivity contribution in [2.75, 3.05) is 7.05 Å². The highest BCUT2D eigenvalue weighted by atomic mass is 16.2. The third kappa shape index (κ3) is 2.42. The first-order chi connectivity index (χ1) is 8.20. The quantitative estimate of drug-likeness (QED) is 0.778. The van der Waals surface area contributed by atoms with Crippen molar-refractivity contribution in [1.82, 2.24) is 20.3 Å². The summed E-state index contributed by atoms with van der Waals surface area (Å²) >= 11 is 0. The van der Waals surface area contributed by atoms with E-state index in [-0.39, 0.29) is 5.91 Å². The summed E-state index contributed by atoms with van der Waals surface area (Å²) in [5, 5.41) is 10.5. The number of amides is 1. The van der Waals surface area contributed by atoms with E-state index >= 15 is 0 Å². The first-order valence-electron chi connectivity index (χ1n) is 5.18. The number of rotatable bonds is 2. The molecule has 1 heterocycles. The molecule has 0 radical (unpaired) electrons. The van der Waals surface area contributed by atoms with E-state index < -0.39 is 0 Å². The lowest BCUT2D eigenvalue weighted by atomic mass is 10.2. The Labute approximate surface area is 98.8 Å². The minimum absolute atomic E-state index is 0.187. The summed E-state index contributed by atoms with van der Waals surface area (Å²) in [6.45, 7) is 2.16. The van der Waals surface area contributed by atoms with Crippen molar-refractivity contribution in [2.24, 2.45) is 0 Å². The number of hydrogen-bond donors (Lipinski definition) is 1. The van der Waals surface area contributed by atoms with Crippen LogP contribution in [0.4, 0.5) is 0 Å². The highest BCUT2D eigenvalue weighted by Crippen LogP contribution is 2.11. The smallest absolute Gasteiger partial charge is 0.298 e. The van der Waals surface area contributed by atoms with Crippen molar-refractivity contribution in [3.63, 3.8) is 0 Å². The Hall–Kier alpha value is -2.35. The van der Waals surface area contributed by atoms with Gasteiger partial charge in [-0.2, -0.15) is 15.4 Å². The Morgan fingerprint density at radius 1 is 1.41 bits per heavy atom. The molecular formula is C12H12N4O. The molecule has 1 aromatic heterocycles. The maximum Gasteiger partial charge on any atom is 0.298 e. The second-order valence-corrected chi connectivity index (χ2v) is 3.68. The van der Waals surface area contributed by atoms with Gasteiger partial charge in [0.2, 0.25) is 0 Å². The zero-order chi connectivity index (χ0) is 12.3. The van der Waals surface area contributed by atoms with Crippen LogP contribution in [0.1, 0.15) is 12.5 Å². The molecule has 1 N–H and O–H groups in total. The fraction of sp³-hybridized carbons (Fsp3) is 0.250. The molecule has 0 aliphatic rings. The van der Waals surface area contributed by atoms with Crippen LogP contribution in [-0.4, -0.2) is 33.3 Å². The second-order valence-electron chi connectivity index (χ2n) is 3.68. The van der Waals surface area contributed by atoms with Gasteiger partial charge in [0, 0.05) is 13.6 Å². The lowest BCUT2D eigenvalue weighted by molar-refractivity contribution is -0.124. The van der Waals surface area contributed by atoms with Gasteiger partial charge in [-0.1, -0.05) is 12.0 Å². The van der Waals surface area contributed by atoms with Gasteiger partial charge in [-0.25, -0.2) is 0 Å². The van der Waals surface area contributed by atoms with E-state index in [0.29, 0.717) is 6.54 Å². The monoisotopic (exact) mass is 228 g/mol. The van der Waals surface area contributed by atoms with Gasteiger partial charge >= 0.3 is 0 Å². The Kier molecular flexibility index (Phi) is 3.06. The minimum Gasteiger partial charge on any atom is -0.331 e. The van der Waals surface area contributed by atoms with Crippen LogP contribution in [0.5, 0.6) is 0 Å². The average molecular weight is 228 g/mol. The number of benzene rings is 1. The Balaban J connectivity index is 2.16. The average Bonchev–Trinajstić information content (AvgIpc) is 2.76. The molecule has 0 saturated carbocycles. The topological polar surface area (TPSA) is 61.9 Å². The van der Waals surface area contributed by atoms with Crippen LogP contribution in [0.25, 0.3) is 11.0 Å². The molecule has 0 aliphatic carbocycles. The molecule has 0 spiro atoms. The first-order valence-corrected chi connectivity index (χ1v) is 5.18. The van der Waals surface area contributed by atoms with E-state index in [1.54, 1.807) is 18.9 Å². The number of carbonyl (C=O) groups excluding carboxylic acids is 1. The maximum atomic E-state index is 11.5. The molecule has 2 aromatic rings. The zero-order valence-electron chi connectivity index (χ0n) is 9.69. The molecule has 5 nitrogen and oxygen atoms in total. The fourth-order valence-corrected chi connectivity index (χ4v) is 1.53. The molecule has 0 saturated heterocycles. The molecule has 0 bridgehead atoms. The van der Waals surface area contributed by atoms with Crippen molar-refractivity contribution < 1.29 is 4.79 Å². The van der Waals surface area contributed by atoms with Crippen LogP contribution in [0.15, 0.2) is 18.2 Å². The lowest BCUT2D eigenvalue weighted by Gasteiger charge is -2.13. The van der Waals surface area contributed by atoms with Crippen molar-refractivity contribution in [1.29, 1.82) is 0 Å². The van der Waals surface area contributed by atoms with E-state index in [2.05, 4.69) is 27.3 Å². The van der Waals surface area contributed by atoms with E-state index in [4.69, 9.17) is 0 Å². The number of nitrogens with one attached hydrogen (secondary N) is 1. The van der Waals surface area contributed by atoms with Crippen molar-refractivity contribution >= 4 is 16.9 Å². The molecule has 17 heavy (non-hydrogen) atoms. The van der Waals surface area contributed by atoms with Gasteiger partial charge in [-0.05, 0) is 30.5 Å². The Morgan fingerprint density at radius 2 is 2.18 bits per heavy atom. The van der Waals surface area contributed by atoms with Crippen LogP contribution in [0.2, 0.25) is 0 Å². The third-order valence-corrected chi connectivity index (χ3v) is 2.38. The van der Waals surface area contributed by atoms with Crippen molar-refractivity contribution in [2.45, 2.75) is 13.5 Å². The van der Waals surface area contributed by atoms with Gasteiger partial charge in [0.25, 0.3) is 5.91 Å². The van der Waals surface area contributed by atoms with Gasteiger partial charge in [-0.15, -0.1) is 0 Å². The molecule has 0 fully saturated rings. The highest BCUT2D eigenvalue weighted by Gasteiger charge is 2.07. The molecular weight excluding hydrogens is 216 g/mol. The van der Waals surface area contributed by atoms with Gasteiger partial charge in [0.1, 0.15) is 11.0 Å². The lowest BCUT2D eigenvalue weighted by Crippen LogP contribution is -2.24. The molecule has 86 valence electrons. The van der Waals surface area contributed by atoms with Crippen molar-refractivity contribution in [3.8, 4) is 11.8 Å². The highest BCUT2D eigenvalue weighted by molar-refractivity contribution is 5.93. The number of fused-ring (bicyclic) bond motifs is 1. The van der Waals surface area contributed by atoms with E-state index in [9.17, 15) is 4.79 Å². The van der Waals surface area contributed by atoms with Gasteiger partial charge in [0.15, 0.2) is 0 Å². The maximum absolute atomic E-state index is 11.5. The first kappa shape index (κ1) is 11.1. The molecule has 5 heteroatoms. The number of carbonyl (C=O) groups is 1. The number of hydrogen-bond acceptors (Lipinski definition) is 3. The van der Waals surface area contributed by atoms with E-state index in [1.165, 1.54) is 0 Å². The number of aromatic nitrogens is 3. The number of nitrogens with zero attached hydrogens (tertiary/aromatic N) is 3. The molecule has 0 unspecified atom stereocenters. The fourth-order valence-electron chi connectivity index (χ4n) is 1.53. The summed E-state index contributed by atoms with van der Waals surface area (Å²) in [6, 6.07) is 5.70. The Bertz CT molecular complexity index is 605. The van der Waals surface area contributed by atoms with Crippen LogP contribution in [-0.2, 0) is 11.3 Å². The van der Waals surface area contributed by atoms with Gasteiger partial charge in [-0.3, -0.25) is 4.79 Å². The molecule has 1 amide bonds. The normalized spacial score (nSPS) is 9.76. The molecule has 0 aliphatic heterocycles. The van der Waals surface area contributed by atoms with Crippen LogP contribution < -0.4 is 0 Å². The number of aromatic amines is 1. The summed E-state index contributed by atoms with van der Waals surface area (Å²) < 4.78 is 0. The Morgan fingerprint density at radius 3 is 2.94 bits per heavy atom. The second kappa shape index (κ2) is 4.66. The summed E-state index contributed by atoms with van der Waals surface area (Å²) in [5.41, 5.74) is 2.61. The standard InChI is InChI=1S/C12H12N4O/c1-3-4-12(17)16(2)8-9-5-6-10-11(7-9)14-15-13-10/h5-7H,8H2,1-2H3,(H,13,14,15). The molecule has 0 atom stereocenters. The third-order valence-electron chi connectivity index (χ3n) is 2.38. The van der Waals surface area contributed by atoms with E-state index in [0.717, 1.165) is 16.6 Å². The molecule has 1 aromatic carbocycles. The summed E-state index contributed by atoms with van der Waals surface area (Å²) in [6.07, 6.45) is 0. The predicted molar refractivity (Wildman–Crippen MR) is 63.8 cm³/mol. The minimum atomic E-state index is -0.187. The van der Waals surface area contributed by atoms with E-state index in [1.807, 2.05) is 18.2 Å². The summed E-state index contributed by atoms with van der Waals surface area (Å²) in [4.78, 5) is 13.0. The SMILES string of the molecule is CC#CC(=O)N(C)Cc1ccc2n[nH]nc2c1.